The normalized spacial score (nSPS) is 25.8. The predicted molar refractivity (Wildman–Crippen MR) is 115 cm³/mol. The molecule has 0 N–H and O–H groups in total. The second kappa shape index (κ2) is 7.79. The number of furan rings is 1. The van der Waals surface area contributed by atoms with Crippen molar-refractivity contribution in [3.8, 4) is 0 Å². The summed E-state index contributed by atoms with van der Waals surface area (Å²) in [6.07, 6.45) is 7.87. The third-order valence-electron chi connectivity index (χ3n) is 7.79. The molecule has 3 fully saturated rings. The topological polar surface area (TPSA) is 69.9 Å². The van der Waals surface area contributed by atoms with Gasteiger partial charge in [0, 0.05) is 63.6 Å². The first-order valence-corrected chi connectivity index (χ1v) is 11.3. The molecule has 0 aromatic carbocycles. The van der Waals surface area contributed by atoms with E-state index in [0.29, 0.717) is 24.8 Å². The van der Waals surface area contributed by atoms with Gasteiger partial charge in [0.05, 0.1) is 11.7 Å². The molecule has 0 unspecified atom stereocenters. The Bertz CT molecular complexity index is 937. The standard InChI is InChI=1S/C24H30N4O3/c1-2-27-13-9-24(22(27)30)18-26(16-19-5-3-10-25-15-19)17-23(24)7-11-28(12-8-23)21(29)20-6-4-14-31-20/h3-6,10,14-15H,2,7-9,11-13,16-18H2,1H3/t24-/m0/s1. The van der Waals surface area contributed by atoms with Crippen LogP contribution in [0.1, 0.15) is 42.3 Å². The number of amides is 2. The molecule has 0 radical (unpaired) electrons. The molecule has 7 heteroatoms. The SMILES string of the molecule is CCN1CC[C@]2(CN(Cc3cccnc3)CC23CCN(C(=O)c2ccco2)CC3)C1=O. The van der Waals surface area contributed by atoms with Crippen LogP contribution in [0.5, 0.6) is 0 Å². The second-order valence-corrected chi connectivity index (χ2v) is 9.27. The van der Waals surface area contributed by atoms with Crippen LogP contribution >= 0.6 is 0 Å². The molecule has 5 rings (SSSR count). The summed E-state index contributed by atoms with van der Waals surface area (Å²) in [5, 5.41) is 0. The number of carbonyl (C=O) groups excluding carboxylic acids is 2. The van der Waals surface area contributed by atoms with E-state index in [2.05, 4.69) is 22.9 Å². The van der Waals surface area contributed by atoms with Gasteiger partial charge in [0.15, 0.2) is 5.76 Å². The summed E-state index contributed by atoms with van der Waals surface area (Å²) in [7, 11) is 0. The number of aromatic nitrogens is 1. The number of hydrogen-bond acceptors (Lipinski definition) is 5. The van der Waals surface area contributed by atoms with E-state index in [4.69, 9.17) is 4.42 Å². The van der Waals surface area contributed by atoms with Crippen molar-refractivity contribution in [3.63, 3.8) is 0 Å². The quantitative estimate of drug-likeness (QED) is 0.758. The van der Waals surface area contributed by atoms with E-state index in [1.54, 1.807) is 18.3 Å². The molecule has 1 atom stereocenters. The fourth-order valence-corrected chi connectivity index (χ4v) is 6.15. The maximum atomic E-state index is 13.6. The first-order chi connectivity index (χ1) is 15.1. The van der Waals surface area contributed by atoms with Crippen LogP contribution in [-0.4, -0.2) is 70.8 Å². The average molecular weight is 423 g/mol. The smallest absolute Gasteiger partial charge is 0.289 e. The number of nitrogens with zero attached hydrogens (tertiary/aromatic N) is 4. The minimum absolute atomic E-state index is 0.0490. The van der Waals surface area contributed by atoms with E-state index in [1.807, 2.05) is 22.1 Å². The van der Waals surface area contributed by atoms with Gasteiger partial charge < -0.3 is 14.2 Å². The maximum absolute atomic E-state index is 13.6. The number of piperidine rings is 1. The first-order valence-electron chi connectivity index (χ1n) is 11.3. The van der Waals surface area contributed by atoms with Gasteiger partial charge in [-0.1, -0.05) is 6.07 Å². The van der Waals surface area contributed by atoms with Gasteiger partial charge in [-0.2, -0.15) is 0 Å². The first kappa shape index (κ1) is 20.2. The molecule has 3 aliphatic heterocycles. The highest BCUT2D eigenvalue weighted by Gasteiger charge is 2.64. The van der Waals surface area contributed by atoms with Crippen LogP contribution in [0.4, 0.5) is 0 Å². The van der Waals surface area contributed by atoms with Crippen molar-refractivity contribution in [2.45, 2.75) is 32.7 Å². The Labute approximate surface area is 183 Å². The highest BCUT2D eigenvalue weighted by atomic mass is 16.3. The molecule has 5 heterocycles. The van der Waals surface area contributed by atoms with Crippen LogP contribution in [-0.2, 0) is 11.3 Å². The molecule has 2 amide bonds. The molecule has 2 aromatic heterocycles. The highest BCUT2D eigenvalue weighted by molar-refractivity contribution is 5.91. The lowest BCUT2D eigenvalue weighted by atomic mass is 9.60. The molecule has 0 saturated carbocycles. The molecule has 164 valence electrons. The third kappa shape index (κ3) is 3.26. The number of likely N-dealkylation sites (tertiary alicyclic amines) is 3. The van der Waals surface area contributed by atoms with Gasteiger partial charge in [-0.15, -0.1) is 0 Å². The fraction of sp³-hybridized carbons (Fsp3) is 0.542. The van der Waals surface area contributed by atoms with Gasteiger partial charge in [0.2, 0.25) is 5.91 Å². The lowest BCUT2D eigenvalue weighted by molar-refractivity contribution is -0.141. The average Bonchev–Trinajstić information content (AvgIpc) is 3.50. The number of fused-ring (bicyclic) bond motifs is 1. The predicted octanol–water partition coefficient (Wildman–Crippen LogP) is 2.65. The van der Waals surface area contributed by atoms with Crippen LogP contribution in [0.25, 0.3) is 0 Å². The Morgan fingerprint density at radius 3 is 2.61 bits per heavy atom. The van der Waals surface area contributed by atoms with Gasteiger partial charge >= 0.3 is 0 Å². The minimum Gasteiger partial charge on any atom is -0.459 e. The molecule has 2 spiro atoms. The molecule has 0 aliphatic carbocycles. The number of hydrogen-bond donors (Lipinski definition) is 0. The van der Waals surface area contributed by atoms with Crippen molar-refractivity contribution < 1.29 is 14.0 Å². The van der Waals surface area contributed by atoms with Crippen LogP contribution in [0.3, 0.4) is 0 Å². The highest BCUT2D eigenvalue weighted by Crippen LogP contribution is 2.58. The lowest BCUT2D eigenvalue weighted by Crippen LogP contribution is -2.53. The molecule has 3 aliphatic rings. The fourth-order valence-electron chi connectivity index (χ4n) is 6.15. The molecular weight excluding hydrogens is 392 g/mol. The Hall–Kier alpha value is -2.67. The van der Waals surface area contributed by atoms with Crippen molar-refractivity contribution in [1.82, 2.24) is 19.7 Å². The summed E-state index contributed by atoms with van der Waals surface area (Å²) in [6.45, 7) is 7.51. The van der Waals surface area contributed by atoms with Crippen LogP contribution < -0.4 is 0 Å². The molecule has 0 bridgehead atoms. The Morgan fingerprint density at radius 1 is 1.13 bits per heavy atom. The van der Waals surface area contributed by atoms with Crippen molar-refractivity contribution >= 4 is 11.8 Å². The van der Waals surface area contributed by atoms with E-state index in [1.165, 1.54) is 11.8 Å². The zero-order valence-corrected chi connectivity index (χ0v) is 18.1. The van der Waals surface area contributed by atoms with E-state index in [9.17, 15) is 9.59 Å². The molecule has 2 aromatic rings. The molecule has 3 saturated heterocycles. The van der Waals surface area contributed by atoms with Crippen molar-refractivity contribution in [2.75, 3.05) is 39.3 Å². The van der Waals surface area contributed by atoms with Gasteiger partial charge in [0.25, 0.3) is 5.91 Å². The van der Waals surface area contributed by atoms with Gasteiger partial charge in [-0.25, -0.2) is 0 Å². The Balaban J connectivity index is 1.39. The Morgan fingerprint density at radius 2 is 1.97 bits per heavy atom. The van der Waals surface area contributed by atoms with Gasteiger partial charge in [-0.3, -0.25) is 19.5 Å². The summed E-state index contributed by atoms with van der Waals surface area (Å²) in [4.78, 5) is 37.0. The van der Waals surface area contributed by atoms with Crippen molar-refractivity contribution in [3.05, 3.63) is 54.2 Å². The van der Waals surface area contributed by atoms with Crippen molar-refractivity contribution in [2.24, 2.45) is 10.8 Å². The summed E-state index contributed by atoms with van der Waals surface area (Å²) in [6, 6.07) is 7.54. The van der Waals surface area contributed by atoms with E-state index in [-0.39, 0.29) is 16.7 Å². The second-order valence-electron chi connectivity index (χ2n) is 9.27. The Kier molecular flexibility index (Phi) is 5.08. The van der Waals surface area contributed by atoms with Crippen LogP contribution in [0.15, 0.2) is 47.3 Å². The largest absolute Gasteiger partial charge is 0.459 e. The number of carbonyl (C=O) groups is 2. The molecular formula is C24H30N4O3. The van der Waals surface area contributed by atoms with Crippen LogP contribution in [0.2, 0.25) is 0 Å². The number of pyridine rings is 1. The van der Waals surface area contributed by atoms with E-state index >= 15 is 0 Å². The number of rotatable bonds is 4. The van der Waals surface area contributed by atoms with Gasteiger partial charge in [0.1, 0.15) is 0 Å². The zero-order valence-electron chi connectivity index (χ0n) is 18.1. The summed E-state index contributed by atoms with van der Waals surface area (Å²) in [5.74, 6) is 0.658. The third-order valence-corrected chi connectivity index (χ3v) is 7.79. The summed E-state index contributed by atoms with van der Waals surface area (Å²) < 4.78 is 5.32. The van der Waals surface area contributed by atoms with Gasteiger partial charge in [-0.05, 0) is 49.9 Å². The zero-order chi connectivity index (χ0) is 21.5. The monoisotopic (exact) mass is 422 g/mol. The summed E-state index contributed by atoms with van der Waals surface area (Å²) >= 11 is 0. The van der Waals surface area contributed by atoms with Crippen LogP contribution in [0, 0.1) is 10.8 Å². The summed E-state index contributed by atoms with van der Waals surface area (Å²) in [5.41, 5.74) is 0.749. The molecule has 7 nitrogen and oxygen atoms in total. The lowest BCUT2D eigenvalue weighted by Gasteiger charge is -2.46. The minimum atomic E-state index is -0.342. The van der Waals surface area contributed by atoms with Crippen molar-refractivity contribution in [1.29, 1.82) is 0 Å². The van der Waals surface area contributed by atoms with E-state index < -0.39 is 0 Å². The molecule has 31 heavy (non-hydrogen) atoms. The van der Waals surface area contributed by atoms with E-state index in [0.717, 1.165) is 52.0 Å². The maximum Gasteiger partial charge on any atom is 0.289 e.